The van der Waals surface area contributed by atoms with Gasteiger partial charge in [0.25, 0.3) is 5.89 Å². The molecule has 4 aromatic rings. The predicted octanol–water partition coefficient (Wildman–Crippen LogP) is 3.11. The van der Waals surface area contributed by atoms with Crippen molar-refractivity contribution in [3.8, 4) is 34.3 Å². The molecule has 0 aliphatic rings. The van der Waals surface area contributed by atoms with Crippen LogP contribution in [-0.2, 0) is 6.54 Å². The summed E-state index contributed by atoms with van der Waals surface area (Å²) in [5, 5.41) is 17.0. The fourth-order valence-electron chi connectivity index (χ4n) is 2.59. The highest BCUT2D eigenvalue weighted by molar-refractivity contribution is 6.30. The molecular weight excluding hydrogens is 384 g/mol. The van der Waals surface area contributed by atoms with Crippen LogP contribution >= 0.6 is 11.6 Å². The van der Waals surface area contributed by atoms with E-state index in [0.29, 0.717) is 39.6 Å². The number of ether oxygens (including phenoxy) is 2. The van der Waals surface area contributed by atoms with Crippen molar-refractivity contribution in [3.05, 3.63) is 53.4 Å². The average Bonchev–Trinajstić information content (AvgIpc) is 3.37. The van der Waals surface area contributed by atoms with Crippen molar-refractivity contribution in [3.63, 3.8) is 0 Å². The minimum atomic E-state index is 0.180. The van der Waals surface area contributed by atoms with Crippen LogP contribution in [0, 0.1) is 0 Å². The van der Waals surface area contributed by atoms with E-state index in [-0.39, 0.29) is 6.54 Å². The lowest BCUT2D eigenvalue weighted by Crippen LogP contribution is -2.04. The molecule has 0 N–H and O–H groups in total. The number of rotatable bonds is 6. The van der Waals surface area contributed by atoms with Crippen molar-refractivity contribution in [2.45, 2.75) is 6.54 Å². The van der Waals surface area contributed by atoms with E-state index in [2.05, 4.69) is 25.6 Å². The summed E-state index contributed by atoms with van der Waals surface area (Å²) in [6, 6.07) is 12.6. The molecule has 142 valence electrons. The monoisotopic (exact) mass is 398 g/mol. The first kappa shape index (κ1) is 17.9. The Labute approximate surface area is 164 Å². The van der Waals surface area contributed by atoms with Crippen LogP contribution in [0.25, 0.3) is 22.8 Å². The average molecular weight is 399 g/mol. The van der Waals surface area contributed by atoms with Crippen LogP contribution in [0.15, 0.2) is 47.0 Å². The van der Waals surface area contributed by atoms with E-state index in [4.69, 9.17) is 25.6 Å². The number of halogens is 1. The molecular formula is C18H15ClN6O3. The Morgan fingerprint density at radius 2 is 1.96 bits per heavy atom. The van der Waals surface area contributed by atoms with Gasteiger partial charge < -0.3 is 14.0 Å². The maximum absolute atomic E-state index is 6.00. The molecule has 0 saturated heterocycles. The van der Waals surface area contributed by atoms with E-state index in [0.717, 1.165) is 5.56 Å². The van der Waals surface area contributed by atoms with Gasteiger partial charge >= 0.3 is 0 Å². The van der Waals surface area contributed by atoms with Gasteiger partial charge in [0.05, 0.1) is 19.8 Å². The summed E-state index contributed by atoms with van der Waals surface area (Å²) in [5.74, 6) is 2.44. The molecule has 0 aliphatic heterocycles. The van der Waals surface area contributed by atoms with Crippen LogP contribution in [0.4, 0.5) is 0 Å². The minimum Gasteiger partial charge on any atom is -0.497 e. The Balaban J connectivity index is 1.55. The molecule has 0 unspecified atom stereocenters. The fraction of sp³-hybridized carbons (Fsp3) is 0.167. The van der Waals surface area contributed by atoms with Crippen LogP contribution in [0.1, 0.15) is 5.89 Å². The lowest BCUT2D eigenvalue weighted by molar-refractivity contribution is 0.356. The second kappa shape index (κ2) is 7.65. The third kappa shape index (κ3) is 3.65. The Hall–Kier alpha value is -3.46. The topological polar surface area (TPSA) is 101 Å². The number of hydrogen-bond donors (Lipinski definition) is 0. The van der Waals surface area contributed by atoms with E-state index in [1.807, 2.05) is 12.1 Å². The van der Waals surface area contributed by atoms with Crippen molar-refractivity contribution >= 4 is 11.6 Å². The van der Waals surface area contributed by atoms with E-state index in [1.165, 1.54) is 4.80 Å². The van der Waals surface area contributed by atoms with Crippen molar-refractivity contribution in [2.24, 2.45) is 0 Å². The molecule has 0 radical (unpaired) electrons. The smallest absolute Gasteiger partial charge is 0.250 e. The lowest BCUT2D eigenvalue weighted by atomic mass is 10.2. The van der Waals surface area contributed by atoms with Gasteiger partial charge in [0.2, 0.25) is 11.6 Å². The van der Waals surface area contributed by atoms with Gasteiger partial charge in [0, 0.05) is 16.7 Å². The first-order valence-electron chi connectivity index (χ1n) is 8.25. The van der Waals surface area contributed by atoms with Crippen molar-refractivity contribution < 1.29 is 14.0 Å². The SMILES string of the molecule is COc1ccc(-c2noc(Cn3nnc(-c4cccc(Cl)c4)n3)n2)c(OC)c1. The zero-order chi connectivity index (χ0) is 19.5. The zero-order valence-corrected chi connectivity index (χ0v) is 15.8. The van der Waals surface area contributed by atoms with Gasteiger partial charge in [-0.3, -0.25) is 0 Å². The van der Waals surface area contributed by atoms with Gasteiger partial charge in [-0.2, -0.15) is 9.78 Å². The van der Waals surface area contributed by atoms with Crippen molar-refractivity contribution in [1.29, 1.82) is 0 Å². The van der Waals surface area contributed by atoms with Gasteiger partial charge in [-0.25, -0.2) is 0 Å². The summed E-state index contributed by atoms with van der Waals surface area (Å²) >= 11 is 6.00. The number of hydrogen-bond acceptors (Lipinski definition) is 8. The van der Waals surface area contributed by atoms with Crippen molar-refractivity contribution in [1.82, 2.24) is 30.3 Å². The third-order valence-corrected chi connectivity index (χ3v) is 4.17. The molecule has 0 bridgehead atoms. The first-order valence-corrected chi connectivity index (χ1v) is 8.63. The summed E-state index contributed by atoms with van der Waals surface area (Å²) in [6.45, 7) is 0.180. The molecule has 0 spiro atoms. The second-order valence-electron chi connectivity index (χ2n) is 5.73. The normalized spacial score (nSPS) is 10.8. The summed E-state index contributed by atoms with van der Waals surface area (Å²) in [7, 11) is 3.15. The highest BCUT2D eigenvalue weighted by Gasteiger charge is 2.16. The van der Waals surface area contributed by atoms with Gasteiger partial charge in [0.15, 0.2) is 0 Å². The number of methoxy groups -OCH3 is 2. The molecule has 0 saturated carbocycles. The van der Waals surface area contributed by atoms with Crippen LogP contribution in [0.3, 0.4) is 0 Å². The highest BCUT2D eigenvalue weighted by atomic mass is 35.5. The third-order valence-electron chi connectivity index (χ3n) is 3.93. The molecule has 2 aromatic heterocycles. The molecule has 28 heavy (non-hydrogen) atoms. The number of tetrazole rings is 1. The van der Waals surface area contributed by atoms with Crippen LogP contribution < -0.4 is 9.47 Å². The Morgan fingerprint density at radius 3 is 2.75 bits per heavy atom. The zero-order valence-electron chi connectivity index (χ0n) is 15.0. The van der Waals surface area contributed by atoms with Gasteiger partial charge in [-0.1, -0.05) is 28.9 Å². The Bertz CT molecular complexity index is 1110. The van der Waals surface area contributed by atoms with E-state index >= 15 is 0 Å². The fourth-order valence-corrected chi connectivity index (χ4v) is 2.78. The van der Waals surface area contributed by atoms with Crippen LogP contribution in [0.5, 0.6) is 11.5 Å². The number of nitrogens with zero attached hydrogens (tertiary/aromatic N) is 6. The van der Waals surface area contributed by atoms with E-state index in [1.54, 1.807) is 44.6 Å². The summed E-state index contributed by atoms with van der Waals surface area (Å²) in [4.78, 5) is 5.76. The minimum absolute atomic E-state index is 0.180. The molecule has 4 rings (SSSR count). The highest BCUT2D eigenvalue weighted by Crippen LogP contribution is 2.31. The predicted molar refractivity (Wildman–Crippen MR) is 100 cm³/mol. The summed E-state index contributed by atoms with van der Waals surface area (Å²) in [5.41, 5.74) is 1.46. The van der Waals surface area contributed by atoms with Gasteiger partial charge in [-0.15, -0.1) is 10.2 Å². The molecule has 9 nitrogen and oxygen atoms in total. The maximum Gasteiger partial charge on any atom is 0.250 e. The van der Waals surface area contributed by atoms with Crippen LogP contribution in [-0.4, -0.2) is 44.6 Å². The quantitative estimate of drug-likeness (QED) is 0.488. The van der Waals surface area contributed by atoms with E-state index < -0.39 is 0 Å². The van der Waals surface area contributed by atoms with Crippen molar-refractivity contribution in [2.75, 3.05) is 14.2 Å². The van der Waals surface area contributed by atoms with E-state index in [9.17, 15) is 0 Å². The summed E-state index contributed by atoms with van der Waals surface area (Å²) < 4.78 is 15.9. The molecule has 0 amide bonds. The summed E-state index contributed by atoms with van der Waals surface area (Å²) in [6.07, 6.45) is 0. The standard InChI is InChI=1S/C18H15ClN6O3/c1-26-13-6-7-14(15(9-13)27-2)18-20-16(28-23-18)10-25-22-17(21-24-25)11-4-3-5-12(19)8-11/h3-9H,10H2,1-2H3. The molecule has 0 aliphatic carbocycles. The number of benzene rings is 2. The molecule has 0 fully saturated rings. The van der Waals surface area contributed by atoms with Crippen LogP contribution in [0.2, 0.25) is 5.02 Å². The molecule has 2 aromatic carbocycles. The Kier molecular flexibility index (Phi) is 4.90. The lowest BCUT2D eigenvalue weighted by Gasteiger charge is -2.07. The largest absolute Gasteiger partial charge is 0.497 e. The Morgan fingerprint density at radius 1 is 1.07 bits per heavy atom. The second-order valence-corrected chi connectivity index (χ2v) is 6.17. The molecule has 10 heteroatoms. The number of aromatic nitrogens is 6. The van der Waals surface area contributed by atoms with Gasteiger partial charge in [0.1, 0.15) is 18.0 Å². The first-order chi connectivity index (χ1) is 13.7. The molecule has 0 atom stereocenters. The maximum atomic E-state index is 6.00. The molecule has 2 heterocycles. The van der Waals surface area contributed by atoms with Gasteiger partial charge in [-0.05, 0) is 29.5 Å².